The van der Waals surface area contributed by atoms with E-state index in [2.05, 4.69) is 22.2 Å². The fourth-order valence-corrected chi connectivity index (χ4v) is 2.02. The Balaban J connectivity index is 1.78. The number of aromatic nitrogens is 2. The van der Waals surface area contributed by atoms with E-state index < -0.39 is 0 Å². The minimum Gasteiger partial charge on any atom is -0.385 e. The first kappa shape index (κ1) is 12.5. The molecule has 94 valence electrons. The molecule has 1 fully saturated rings. The zero-order valence-corrected chi connectivity index (χ0v) is 10.6. The van der Waals surface area contributed by atoms with E-state index in [-0.39, 0.29) is 6.04 Å². The number of hydrogen-bond acceptors (Lipinski definition) is 4. The number of hydrogen-bond donors (Lipinski definition) is 1. The number of nitrogens with zero attached hydrogens (tertiary/aromatic N) is 2. The topological polar surface area (TPSA) is 47.0 Å². The molecule has 1 N–H and O–H groups in total. The van der Waals surface area contributed by atoms with E-state index in [1.54, 1.807) is 19.5 Å². The van der Waals surface area contributed by atoms with Gasteiger partial charge in [0, 0.05) is 44.9 Å². The van der Waals surface area contributed by atoms with E-state index in [0.717, 1.165) is 25.3 Å². The molecular formula is C13H21N3O. The van der Waals surface area contributed by atoms with Crippen LogP contribution in [0.25, 0.3) is 0 Å². The smallest absolute Gasteiger partial charge is 0.0753 e. The van der Waals surface area contributed by atoms with Gasteiger partial charge in [0.2, 0.25) is 0 Å². The van der Waals surface area contributed by atoms with E-state index in [1.807, 2.05) is 6.20 Å². The summed E-state index contributed by atoms with van der Waals surface area (Å²) in [4.78, 5) is 8.41. The zero-order chi connectivity index (χ0) is 12.1. The van der Waals surface area contributed by atoms with Crippen molar-refractivity contribution in [1.82, 2.24) is 15.3 Å². The average Bonchev–Trinajstić information content (AvgIpc) is 3.15. The average molecular weight is 235 g/mol. The fourth-order valence-electron chi connectivity index (χ4n) is 2.02. The second kappa shape index (κ2) is 5.56. The minimum atomic E-state index is 0.267. The van der Waals surface area contributed by atoms with Crippen molar-refractivity contribution in [2.75, 3.05) is 20.3 Å². The van der Waals surface area contributed by atoms with Crippen LogP contribution in [-0.2, 0) is 4.74 Å². The van der Waals surface area contributed by atoms with Crippen LogP contribution in [0.2, 0.25) is 0 Å². The molecule has 1 heterocycles. The Morgan fingerprint density at radius 3 is 2.88 bits per heavy atom. The van der Waals surface area contributed by atoms with E-state index in [1.165, 1.54) is 12.8 Å². The summed E-state index contributed by atoms with van der Waals surface area (Å²) in [5.41, 5.74) is 1.49. The number of methoxy groups -OCH3 is 1. The third kappa shape index (κ3) is 3.48. The lowest BCUT2D eigenvalue weighted by atomic mass is 10.0. The van der Waals surface area contributed by atoms with Gasteiger partial charge in [-0.2, -0.15) is 0 Å². The number of rotatable bonds is 7. The van der Waals surface area contributed by atoms with Crippen molar-refractivity contribution in [3.63, 3.8) is 0 Å². The summed E-state index contributed by atoms with van der Waals surface area (Å²) in [5.74, 6) is 0. The molecule has 1 aliphatic rings. The summed E-state index contributed by atoms with van der Waals surface area (Å²) in [6.07, 6.45) is 9.06. The summed E-state index contributed by atoms with van der Waals surface area (Å²) in [7, 11) is 1.77. The van der Waals surface area contributed by atoms with E-state index in [9.17, 15) is 0 Å². The van der Waals surface area contributed by atoms with Gasteiger partial charge >= 0.3 is 0 Å². The molecule has 0 bridgehead atoms. The number of nitrogens with one attached hydrogen (secondary N) is 1. The van der Waals surface area contributed by atoms with Crippen molar-refractivity contribution in [1.29, 1.82) is 0 Å². The van der Waals surface area contributed by atoms with Crippen molar-refractivity contribution >= 4 is 0 Å². The highest BCUT2D eigenvalue weighted by Crippen LogP contribution is 2.48. The van der Waals surface area contributed by atoms with Crippen molar-refractivity contribution in [2.24, 2.45) is 5.41 Å². The van der Waals surface area contributed by atoms with Gasteiger partial charge < -0.3 is 10.1 Å². The first-order valence-corrected chi connectivity index (χ1v) is 6.24. The molecule has 1 saturated carbocycles. The molecular weight excluding hydrogens is 214 g/mol. The van der Waals surface area contributed by atoms with Crippen LogP contribution in [0.3, 0.4) is 0 Å². The van der Waals surface area contributed by atoms with Gasteiger partial charge in [0.1, 0.15) is 0 Å². The molecule has 4 nitrogen and oxygen atoms in total. The SMILES string of the molecule is COCCC1(CNC(C)c2cnccn2)CC1. The standard InChI is InChI=1S/C13H21N3O/c1-11(12-9-14-6-7-15-12)16-10-13(3-4-13)5-8-17-2/h6-7,9,11,16H,3-5,8,10H2,1-2H3. The third-order valence-corrected chi connectivity index (χ3v) is 3.60. The molecule has 1 aliphatic carbocycles. The normalized spacial score (nSPS) is 18.9. The van der Waals surface area contributed by atoms with Gasteiger partial charge in [-0.05, 0) is 31.6 Å². The molecule has 0 aromatic carbocycles. The largest absolute Gasteiger partial charge is 0.385 e. The molecule has 4 heteroatoms. The van der Waals surface area contributed by atoms with Crippen LogP contribution in [-0.4, -0.2) is 30.2 Å². The first-order chi connectivity index (χ1) is 8.26. The molecule has 17 heavy (non-hydrogen) atoms. The van der Waals surface area contributed by atoms with E-state index in [4.69, 9.17) is 4.74 Å². The van der Waals surface area contributed by atoms with Crippen LogP contribution in [0.4, 0.5) is 0 Å². The Bertz CT molecular complexity index is 338. The maximum atomic E-state index is 5.16. The maximum Gasteiger partial charge on any atom is 0.0753 e. The summed E-state index contributed by atoms with van der Waals surface area (Å²) in [6.45, 7) is 4.05. The lowest BCUT2D eigenvalue weighted by Crippen LogP contribution is -2.28. The Kier molecular flexibility index (Phi) is 4.07. The summed E-state index contributed by atoms with van der Waals surface area (Å²) in [5, 5.41) is 3.55. The minimum absolute atomic E-state index is 0.267. The van der Waals surface area contributed by atoms with E-state index >= 15 is 0 Å². The molecule has 0 amide bonds. The maximum absolute atomic E-state index is 5.16. The van der Waals surface area contributed by atoms with Crippen LogP contribution in [0, 0.1) is 5.41 Å². The molecule has 1 aromatic rings. The quantitative estimate of drug-likeness (QED) is 0.784. The van der Waals surface area contributed by atoms with Crippen molar-refractivity contribution < 1.29 is 4.74 Å². The molecule has 1 atom stereocenters. The third-order valence-electron chi connectivity index (χ3n) is 3.60. The zero-order valence-electron chi connectivity index (χ0n) is 10.6. The number of ether oxygens (including phenoxy) is 1. The highest BCUT2D eigenvalue weighted by atomic mass is 16.5. The Morgan fingerprint density at radius 2 is 2.29 bits per heavy atom. The van der Waals surface area contributed by atoms with Crippen LogP contribution >= 0.6 is 0 Å². The molecule has 0 radical (unpaired) electrons. The van der Waals surface area contributed by atoms with Crippen LogP contribution < -0.4 is 5.32 Å². The molecule has 0 spiro atoms. The Morgan fingerprint density at radius 1 is 1.47 bits per heavy atom. The molecule has 2 rings (SSSR count). The Hall–Kier alpha value is -1.00. The van der Waals surface area contributed by atoms with Crippen molar-refractivity contribution in [2.45, 2.75) is 32.2 Å². The van der Waals surface area contributed by atoms with Crippen LogP contribution in [0.5, 0.6) is 0 Å². The van der Waals surface area contributed by atoms with Crippen molar-refractivity contribution in [3.8, 4) is 0 Å². The molecule has 1 aromatic heterocycles. The highest BCUT2D eigenvalue weighted by molar-refractivity contribution is 5.02. The summed E-state index contributed by atoms with van der Waals surface area (Å²) in [6, 6.07) is 0.267. The Labute approximate surface area is 103 Å². The van der Waals surface area contributed by atoms with Gasteiger partial charge in [-0.25, -0.2) is 0 Å². The van der Waals surface area contributed by atoms with Gasteiger partial charge in [0.15, 0.2) is 0 Å². The van der Waals surface area contributed by atoms with Crippen LogP contribution in [0.1, 0.15) is 37.9 Å². The molecule has 0 aliphatic heterocycles. The fraction of sp³-hybridized carbons (Fsp3) is 0.692. The van der Waals surface area contributed by atoms with Gasteiger partial charge in [0.05, 0.1) is 5.69 Å². The lowest BCUT2D eigenvalue weighted by Gasteiger charge is -2.19. The molecule has 0 saturated heterocycles. The first-order valence-electron chi connectivity index (χ1n) is 6.24. The van der Waals surface area contributed by atoms with Gasteiger partial charge in [-0.3, -0.25) is 9.97 Å². The second-order valence-electron chi connectivity index (χ2n) is 4.98. The van der Waals surface area contributed by atoms with Crippen LogP contribution in [0.15, 0.2) is 18.6 Å². The second-order valence-corrected chi connectivity index (χ2v) is 4.98. The van der Waals surface area contributed by atoms with Crippen molar-refractivity contribution in [3.05, 3.63) is 24.3 Å². The lowest BCUT2D eigenvalue weighted by molar-refractivity contribution is 0.170. The predicted octanol–water partition coefficient (Wildman–Crippen LogP) is 1.94. The monoisotopic (exact) mass is 235 g/mol. The van der Waals surface area contributed by atoms with E-state index in [0.29, 0.717) is 5.41 Å². The molecule has 1 unspecified atom stereocenters. The summed E-state index contributed by atoms with van der Waals surface area (Å²) >= 11 is 0. The predicted molar refractivity (Wildman–Crippen MR) is 66.6 cm³/mol. The van der Waals surface area contributed by atoms with Gasteiger partial charge in [-0.1, -0.05) is 0 Å². The summed E-state index contributed by atoms with van der Waals surface area (Å²) < 4.78 is 5.16. The highest BCUT2D eigenvalue weighted by Gasteiger charge is 2.41. The van der Waals surface area contributed by atoms with Gasteiger partial charge in [0.25, 0.3) is 0 Å². The van der Waals surface area contributed by atoms with Gasteiger partial charge in [-0.15, -0.1) is 0 Å².